The number of aromatic nitrogens is 2. The van der Waals surface area contributed by atoms with Gasteiger partial charge in [-0.25, -0.2) is 4.98 Å². The van der Waals surface area contributed by atoms with Gasteiger partial charge in [-0.15, -0.1) is 0 Å². The highest BCUT2D eigenvalue weighted by atomic mass is 15.0. The molecule has 4 nitrogen and oxygen atoms in total. The molecule has 2 rings (SSSR count). The number of rotatable bonds is 3. The van der Waals surface area contributed by atoms with Crippen molar-refractivity contribution in [2.75, 3.05) is 12.3 Å². The molecule has 0 saturated heterocycles. The van der Waals surface area contributed by atoms with E-state index in [2.05, 4.69) is 16.0 Å². The minimum Gasteiger partial charge on any atom is -0.369 e. The van der Waals surface area contributed by atoms with Gasteiger partial charge in [-0.1, -0.05) is 24.3 Å². The fourth-order valence-corrected chi connectivity index (χ4v) is 1.87. The minimum atomic E-state index is 0.454. The number of aryl methyl sites for hydroxylation is 1. The van der Waals surface area contributed by atoms with Gasteiger partial charge in [0.15, 0.2) is 5.95 Å². The Bertz CT molecular complexity index is 488. The number of nitrogens with one attached hydrogen (secondary N) is 1. The zero-order chi connectivity index (χ0) is 11.5. The summed E-state index contributed by atoms with van der Waals surface area (Å²) in [6.07, 6.45) is 0.850. The molecule has 0 aliphatic carbocycles. The molecule has 0 unspecified atom stereocenters. The zero-order valence-electron chi connectivity index (χ0n) is 9.33. The molecular weight excluding hydrogens is 200 g/mol. The molecule has 1 aromatic heterocycles. The Labute approximate surface area is 94.7 Å². The van der Waals surface area contributed by atoms with Gasteiger partial charge in [0, 0.05) is 11.3 Å². The molecule has 0 spiro atoms. The number of nitrogens with zero attached hydrogens (tertiary/aromatic N) is 1. The summed E-state index contributed by atoms with van der Waals surface area (Å²) in [5.74, 6) is 0.454. The van der Waals surface area contributed by atoms with Gasteiger partial charge in [0.2, 0.25) is 0 Å². The number of H-pyrrole nitrogens is 1. The molecule has 4 heteroatoms. The summed E-state index contributed by atoms with van der Waals surface area (Å²) in [5.41, 5.74) is 15.5. The molecule has 0 amide bonds. The molecule has 84 valence electrons. The summed E-state index contributed by atoms with van der Waals surface area (Å²) >= 11 is 0. The molecular formula is C12H16N4. The lowest BCUT2D eigenvalue weighted by Gasteiger charge is -2.06. The number of hydrogen-bond acceptors (Lipinski definition) is 3. The van der Waals surface area contributed by atoms with Gasteiger partial charge >= 0.3 is 0 Å². The third-order valence-corrected chi connectivity index (χ3v) is 2.59. The highest BCUT2D eigenvalue weighted by Crippen LogP contribution is 2.25. The van der Waals surface area contributed by atoms with E-state index in [-0.39, 0.29) is 0 Å². The summed E-state index contributed by atoms with van der Waals surface area (Å²) in [6.45, 7) is 2.61. The third kappa shape index (κ3) is 1.92. The lowest BCUT2D eigenvalue weighted by atomic mass is 10.0. The Morgan fingerprint density at radius 2 is 2.06 bits per heavy atom. The predicted octanol–water partition coefficient (Wildman–Crippen LogP) is 1.47. The fourth-order valence-electron chi connectivity index (χ4n) is 1.87. The van der Waals surface area contributed by atoms with Crippen LogP contribution in [-0.2, 0) is 6.42 Å². The fraction of sp³-hybridized carbons (Fsp3) is 0.250. The highest BCUT2D eigenvalue weighted by molar-refractivity contribution is 5.67. The zero-order valence-corrected chi connectivity index (χ0v) is 9.33. The quantitative estimate of drug-likeness (QED) is 0.726. The second kappa shape index (κ2) is 4.37. The first-order valence-corrected chi connectivity index (χ1v) is 5.33. The maximum Gasteiger partial charge on any atom is 0.198 e. The predicted molar refractivity (Wildman–Crippen MR) is 65.9 cm³/mol. The monoisotopic (exact) mass is 216 g/mol. The van der Waals surface area contributed by atoms with Crippen LogP contribution in [0.3, 0.4) is 0 Å². The first-order chi connectivity index (χ1) is 7.72. The number of benzene rings is 1. The molecule has 0 atom stereocenters. The van der Waals surface area contributed by atoms with E-state index in [0.717, 1.165) is 23.4 Å². The van der Waals surface area contributed by atoms with Gasteiger partial charge in [-0.2, -0.15) is 0 Å². The Morgan fingerprint density at radius 1 is 1.31 bits per heavy atom. The maximum absolute atomic E-state index is 5.65. The Kier molecular flexibility index (Phi) is 2.92. The van der Waals surface area contributed by atoms with Crippen LogP contribution in [-0.4, -0.2) is 16.5 Å². The standard InChI is InChI=1S/C12H16N4/c1-8-11(16-12(14)15-8)10-5-3-2-4-9(10)6-7-13/h2-5H,6-7,13H2,1H3,(H3,14,15,16). The lowest BCUT2D eigenvalue weighted by molar-refractivity contribution is 0.969. The second-order valence-corrected chi connectivity index (χ2v) is 3.79. The van der Waals surface area contributed by atoms with Crippen LogP contribution >= 0.6 is 0 Å². The number of hydrogen-bond donors (Lipinski definition) is 3. The van der Waals surface area contributed by atoms with Crippen LogP contribution in [0.25, 0.3) is 11.3 Å². The average Bonchev–Trinajstić information content (AvgIpc) is 2.59. The number of aromatic amines is 1. The van der Waals surface area contributed by atoms with Crippen molar-refractivity contribution in [1.29, 1.82) is 0 Å². The van der Waals surface area contributed by atoms with E-state index in [4.69, 9.17) is 11.5 Å². The van der Waals surface area contributed by atoms with E-state index < -0.39 is 0 Å². The molecule has 0 radical (unpaired) electrons. The normalized spacial score (nSPS) is 10.6. The van der Waals surface area contributed by atoms with Crippen LogP contribution in [0.5, 0.6) is 0 Å². The number of nitrogens with two attached hydrogens (primary N) is 2. The Balaban J connectivity index is 2.50. The molecule has 5 N–H and O–H groups in total. The van der Waals surface area contributed by atoms with E-state index in [1.165, 1.54) is 5.56 Å². The highest BCUT2D eigenvalue weighted by Gasteiger charge is 2.10. The van der Waals surface area contributed by atoms with Gasteiger partial charge in [-0.05, 0) is 25.5 Å². The van der Waals surface area contributed by atoms with Crippen molar-refractivity contribution >= 4 is 5.95 Å². The van der Waals surface area contributed by atoms with Crippen LogP contribution in [0.2, 0.25) is 0 Å². The van der Waals surface area contributed by atoms with Crippen molar-refractivity contribution < 1.29 is 0 Å². The molecule has 0 aliphatic rings. The Hall–Kier alpha value is -1.81. The van der Waals surface area contributed by atoms with Crippen molar-refractivity contribution in [3.8, 4) is 11.3 Å². The molecule has 0 aliphatic heterocycles. The Morgan fingerprint density at radius 3 is 2.69 bits per heavy atom. The van der Waals surface area contributed by atoms with E-state index in [1.54, 1.807) is 0 Å². The van der Waals surface area contributed by atoms with Crippen molar-refractivity contribution in [1.82, 2.24) is 9.97 Å². The van der Waals surface area contributed by atoms with Crippen molar-refractivity contribution in [2.24, 2.45) is 5.73 Å². The van der Waals surface area contributed by atoms with Crippen molar-refractivity contribution in [3.05, 3.63) is 35.5 Å². The van der Waals surface area contributed by atoms with E-state index in [1.807, 2.05) is 25.1 Å². The second-order valence-electron chi connectivity index (χ2n) is 3.79. The molecule has 0 saturated carbocycles. The van der Waals surface area contributed by atoms with Crippen LogP contribution in [0.1, 0.15) is 11.3 Å². The number of anilines is 1. The van der Waals surface area contributed by atoms with Gasteiger partial charge in [-0.3, -0.25) is 0 Å². The van der Waals surface area contributed by atoms with E-state index in [9.17, 15) is 0 Å². The topological polar surface area (TPSA) is 80.7 Å². The van der Waals surface area contributed by atoms with Gasteiger partial charge in [0.25, 0.3) is 0 Å². The lowest BCUT2D eigenvalue weighted by Crippen LogP contribution is -2.04. The van der Waals surface area contributed by atoms with Crippen LogP contribution in [0, 0.1) is 6.92 Å². The summed E-state index contributed by atoms with van der Waals surface area (Å²) in [4.78, 5) is 7.32. The van der Waals surface area contributed by atoms with Crippen LogP contribution < -0.4 is 11.5 Å². The molecule has 1 heterocycles. The number of imidazole rings is 1. The van der Waals surface area contributed by atoms with Crippen molar-refractivity contribution in [2.45, 2.75) is 13.3 Å². The molecule has 16 heavy (non-hydrogen) atoms. The average molecular weight is 216 g/mol. The number of nitrogen functional groups attached to an aromatic ring is 1. The summed E-state index contributed by atoms with van der Waals surface area (Å²) < 4.78 is 0. The van der Waals surface area contributed by atoms with E-state index >= 15 is 0 Å². The van der Waals surface area contributed by atoms with Crippen LogP contribution in [0.4, 0.5) is 5.95 Å². The van der Waals surface area contributed by atoms with Crippen molar-refractivity contribution in [3.63, 3.8) is 0 Å². The molecule has 2 aromatic rings. The third-order valence-electron chi connectivity index (χ3n) is 2.59. The van der Waals surface area contributed by atoms with Gasteiger partial charge in [0.05, 0.1) is 5.69 Å². The van der Waals surface area contributed by atoms with Gasteiger partial charge < -0.3 is 16.5 Å². The first kappa shape index (κ1) is 10.7. The molecule has 0 fully saturated rings. The molecule has 1 aromatic carbocycles. The summed E-state index contributed by atoms with van der Waals surface area (Å²) in [6, 6.07) is 8.14. The first-order valence-electron chi connectivity index (χ1n) is 5.33. The molecule has 0 bridgehead atoms. The van der Waals surface area contributed by atoms with E-state index in [0.29, 0.717) is 12.5 Å². The van der Waals surface area contributed by atoms with Crippen LogP contribution in [0.15, 0.2) is 24.3 Å². The summed E-state index contributed by atoms with van der Waals surface area (Å²) in [7, 11) is 0. The van der Waals surface area contributed by atoms with Gasteiger partial charge in [0.1, 0.15) is 0 Å². The largest absolute Gasteiger partial charge is 0.369 e. The SMILES string of the molecule is Cc1[nH]c(N)nc1-c1ccccc1CCN. The minimum absolute atomic E-state index is 0.454. The smallest absolute Gasteiger partial charge is 0.198 e. The summed E-state index contributed by atoms with van der Waals surface area (Å²) in [5, 5.41) is 0. The maximum atomic E-state index is 5.65.